The van der Waals surface area contributed by atoms with Gasteiger partial charge in [0.1, 0.15) is 24.0 Å². The molecule has 31 heavy (non-hydrogen) atoms. The zero-order chi connectivity index (χ0) is 22.4. The summed E-state index contributed by atoms with van der Waals surface area (Å²) in [5, 5.41) is 12.7. The Morgan fingerprint density at radius 2 is 1.74 bits per heavy atom. The highest BCUT2D eigenvalue weighted by atomic mass is 127. The molecule has 1 N–H and O–H groups in total. The van der Waals surface area contributed by atoms with E-state index in [0.29, 0.717) is 22.9 Å². The van der Waals surface area contributed by atoms with E-state index in [2.05, 4.69) is 50.5 Å². The van der Waals surface area contributed by atoms with Gasteiger partial charge in [-0.05, 0) is 86.7 Å². The third-order valence-electron chi connectivity index (χ3n) is 4.12. The van der Waals surface area contributed by atoms with Crippen LogP contribution < -0.4 is 10.1 Å². The molecule has 0 aromatic heterocycles. The summed E-state index contributed by atoms with van der Waals surface area (Å²) in [7, 11) is 0. The number of rotatable bonds is 6. The number of hydrogen-bond donors (Lipinski definition) is 1. The Labute approximate surface area is 217 Å². The Kier molecular flexibility index (Phi) is 8.60. The number of ether oxygens (including phenoxy) is 1. The Hall–Kier alpha value is -1.80. The topological polar surface area (TPSA) is 62.1 Å². The number of carbonyl (C=O) groups excluding carboxylic acids is 1. The number of carbonyl (C=O) groups is 1. The van der Waals surface area contributed by atoms with E-state index in [4.69, 9.17) is 27.9 Å². The molecule has 0 aliphatic heterocycles. The summed E-state index contributed by atoms with van der Waals surface area (Å²) >= 11 is 16.5. The van der Waals surface area contributed by atoms with Gasteiger partial charge in [-0.3, -0.25) is 4.79 Å². The molecule has 0 spiro atoms. The van der Waals surface area contributed by atoms with E-state index in [-0.39, 0.29) is 10.6 Å². The van der Waals surface area contributed by atoms with Crippen molar-refractivity contribution in [3.63, 3.8) is 0 Å². The number of nitrogens with zero attached hydrogens (tertiary/aromatic N) is 1. The van der Waals surface area contributed by atoms with E-state index in [1.165, 1.54) is 6.08 Å². The van der Waals surface area contributed by atoms with Crippen LogP contribution in [0.2, 0.25) is 10.0 Å². The van der Waals surface area contributed by atoms with Crippen LogP contribution in [0, 0.1) is 18.5 Å². The minimum atomic E-state index is -0.568. The molecule has 4 nitrogen and oxygen atoms in total. The highest BCUT2D eigenvalue weighted by molar-refractivity contribution is 14.1. The number of amides is 1. The number of nitrogens with one attached hydrogen (secondary N) is 1. The Morgan fingerprint density at radius 1 is 1.06 bits per heavy atom. The van der Waals surface area contributed by atoms with E-state index < -0.39 is 5.91 Å². The first-order chi connectivity index (χ1) is 14.9. The fraction of sp³-hybridized carbons (Fsp3) is 0.0435. The van der Waals surface area contributed by atoms with Crippen LogP contribution in [0.1, 0.15) is 11.1 Å². The van der Waals surface area contributed by atoms with Crippen molar-refractivity contribution in [1.82, 2.24) is 0 Å². The molecular weight excluding hydrogens is 661 g/mol. The number of benzene rings is 3. The predicted molar refractivity (Wildman–Crippen MR) is 141 cm³/mol. The van der Waals surface area contributed by atoms with Crippen LogP contribution >= 0.6 is 68.4 Å². The fourth-order valence-electron chi connectivity index (χ4n) is 2.64. The smallest absolute Gasteiger partial charge is 0.266 e. The van der Waals surface area contributed by atoms with Gasteiger partial charge in [0, 0.05) is 0 Å². The van der Waals surface area contributed by atoms with E-state index in [1.807, 2.05) is 48.5 Å². The molecule has 3 aromatic rings. The Morgan fingerprint density at radius 3 is 2.39 bits per heavy atom. The third-order valence-corrected chi connectivity index (χ3v) is 6.54. The van der Waals surface area contributed by atoms with E-state index in [0.717, 1.165) is 18.5 Å². The molecule has 0 aliphatic rings. The molecule has 0 unspecified atom stereocenters. The Bertz CT molecular complexity index is 1170. The van der Waals surface area contributed by atoms with Gasteiger partial charge in [-0.2, -0.15) is 5.26 Å². The van der Waals surface area contributed by atoms with E-state index in [1.54, 1.807) is 18.2 Å². The van der Waals surface area contributed by atoms with Crippen LogP contribution in [0.15, 0.2) is 66.2 Å². The van der Waals surface area contributed by atoms with Gasteiger partial charge in [0.2, 0.25) is 0 Å². The normalized spacial score (nSPS) is 11.0. The lowest BCUT2D eigenvalue weighted by atomic mass is 10.1. The number of hydrogen-bond acceptors (Lipinski definition) is 3. The molecule has 0 heterocycles. The molecule has 0 atom stereocenters. The van der Waals surface area contributed by atoms with Gasteiger partial charge in [-0.15, -0.1) is 0 Å². The molecule has 1 amide bonds. The van der Waals surface area contributed by atoms with Crippen molar-refractivity contribution in [3.8, 4) is 11.8 Å². The zero-order valence-corrected chi connectivity index (χ0v) is 21.7. The maximum Gasteiger partial charge on any atom is 0.266 e. The second-order valence-corrected chi connectivity index (χ2v) is 9.42. The predicted octanol–water partition coefficient (Wildman–Crippen LogP) is 7.33. The summed E-state index contributed by atoms with van der Waals surface area (Å²) in [6.07, 6.45) is 1.53. The highest BCUT2D eigenvalue weighted by Crippen LogP contribution is 2.32. The van der Waals surface area contributed by atoms with Crippen LogP contribution in [0.5, 0.6) is 5.75 Å². The molecule has 0 bridgehead atoms. The van der Waals surface area contributed by atoms with Crippen molar-refractivity contribution in [1.29, 1.82) is 5.26 Å². The largest absolute Gasteiger partial charge is 0.487 e. The van der Waals surface area contributed by atoms with Crippen LogP contribution in [0.4, 0.5) is 5.69 Å². The molecule has 0 saturated carbocycles. The van der Waals surface area contributed by atoms with E-state index in [9.17, 15) is 10.1 Å². The maximum atomic E-state index is 12.6. The first kappa shape index (κ1) is 23.9. The van der Waals surface area contributed by atoms with Gasteiger partial charge < -0.3 is 10.1 Å². The molecule has 0 saturated heterocycles. The fourth-order valence-corrected chi connectivity index (χ4v) is 5.11. The second kappa shape index (κ2) is 11.2. The molecule has 0 aliphatic carbocycles. The van der Waals surface area contributed by atoms with Crippen molar-refractivity contribution >= 4 is 86.1 Å². The molecule has 156 valence electrons. The van der Waals surface area contributed by atoms with Crippen LogP contribution in [-0.2, 0) is 11.4 Å². The van der Waals surface area contributed by atoms with Crippen molar-refractivity contribution in [3.05, 3.63) is 94.5 Å². The van der Waals surface area contributed by atoms with Gasteiger partial charge in [0.25, 0.3) is 5.91 Å². The molecule has 0 radical (unpaired) electrons. The summed E-state index contributed by atoms with van der Waals surface area (Å²) in [6.45, 7) is 0.453. The van der Waals surface area contributed by atoms with Crippen molar-refractivity contribution in [2.24, 2.45) is 0 Å². The number of halogens is 4. The molecule has 3 rings (SSSR count). The monoisotopic (exact) mass is 674 g/mol. The zero-order valence-electron chi connectivity index (χ0n) is 15.8. The summed E-state index contributed by atoms with van der Waals surface area (Å²) in [5.41, 5.74) is 2.07. The van der Waals surface area contributed by atoms with Crippen LogP contribution in [-0.4, -0.2) is 5.91 Å². The van der Waals surface area contributed by atoms with Gasteiger partial charge in [-0.1, -0.05) is 59.6 Å². The lowest BCUT2D eigenvalue weighted by Crippen LogP contribution is -2.13. The quantitative estimate of drug-likeness (QED) is 0.169. The minimum absolute atomic E-state index is 0.0550. The standard InChI is InChI=1S/C23H14Cl2I2N2O2/c24-17-7-4-8-20(21(17)25)29-23(30)16(12-28)9-15-10-18(26)22(19(27)11-15)31-13-14-5-2-1-3-6-14/h1-11H,13H2,(H,29,30)/b16-9-. The average molecular weight is 675 g/mol. The van der Waals surface area contributed by atoms with Gasteiger partial charge in [-0.25, -0.2) is 0 Å². The SMILES string of the molecule is N#C/C(=C/c1cc(I)c(OCc2ccccc2)c(I)c1)C(=O)Nc1cccc(Cl)c1Cl. The van der Waals surface area contributed by atoms with Gasteiger partial charge in [0.15, 0.2) is 0 Å². The Balaban J connectivity index is 1.80. The average Bonchev–Trinajstić information content (AvgIpc) is 2.75. The highest BCUT2D eigenvalue weighted by Gasteiger charge is 2.14. The first-order valence-electron chi connectivity index (χ1n) is 8.92. The second-order valence-electron chi connectivity index (χ2n) is 6.31. The number of nitriles is 1. The summed E-state index contributed by atoms with van der Waals surface area (Å²) in [5.74, 6) is 0.192. The third kappa shape index (κ3) is 6.35. The summed E-state index contributed by atoms with van der Waals surface area (Å²) < 4.78 is 7.74. The van der Waals surface area contributed by atoms with Crippen LogP contribution in [0.25, 0.3) is 6.08 Å². The van der Waals surface area contributed by atoms with Crippen molar-refractivity contribution in [2.75, 3.05) is 5.32 Å². The molecular formula is C23H14Cl2I2N2O2. The van der Waals surface area contributed by atoms with Gasteiger partial charge in [0.05, 0.1) is 22.9 Å². The van der Waals surface area contributed by atoms with E-state index >= 15 is 0 Å². The maximum absolute atomic E-state index is 12.6. The lowest BCUT2D eigenvalue weighted by Gasteiger charge is -2.12. The summed E-state index contributed by atoms with van der Waals surface area (Å²) in [4.78, 5) is 12.6. The molecule has 3 aromatic carbocycles. The van der Waals surface area contributed by atoms with Crippen molar-refractivity contribution in [2.45, 2.75) is 6.61 Å². The summed E-state index contributed by atoms with van der Waals surface area (Å²) in [6, 6.07) is 20.5. The van der Waals surface area contributed by atoms with Gasteiger partial charge >= 0.3 is 0 Å². The lowest BCUT2D eigenvalue weighted by molar-refractivity contribution is -0.112. The van der Waals surface area contributed by atoms with Crippen LogP contribution in [0.3, 0.4) is 0 Å². The molecule has 0 fully saturated rings. The number of anilines is 1. The first-order valence-corrected chi connectivity index (χ1v) is 11.8. The van der Waals surface area contributed by atoms with Crippen molar-refractivity contribution < 1.29 is 9.53 Å². The minimum Gasteiger partial charge on any atom is -0.487 e. The molecule has 8 heteroatoms.